The van der Waals surface area contributed by atoms with E-state index in [-0.39, 0.29) is 12.8 Å². The molecule has 0 aliphatic rings. The Morgan fingerprint density at radius 3 is 1.60 bits per heavy atom. The lowest BCUT2D eigenvalue weighted by Gasteiger charge is -2.20. The average molecular weight is 860 g/mol. The fraction of sp³-hybridized carbons (Fsp3) is 0.604. The van der Waals surface area contributed by atoms with Crippen LogP contribution in [0.2, 0.25) is 0 Å². The van der Waals surface area contributed by atoms with Crippen molar-refractivity contribution >= 4 is 25.7 Å². The maximum absolute atomic E-state index is 12.6. The van der Waals surface area contributed by atoms with E-state index < -0.39 is 57.7 Å². The SMILES string of the molecule is CC/C=C/C=C/C=C/C=C/CCCCCCCC(=O)O[C@@H](COC(=O)CCC/C=C/C/C=C/C/C=C/C/C=C/CCCCCCCCC)COP(=O)(O)OC[C@H](N)C(=O)O. The number of ether oxygens (including phenoxy) is 2. The van der Waals surface area contributed by atoms with E-state index in [1.165, 1.54) is 51.4 Å². The Hall–Kier alpha value is -3.60. The number of carboxylic acids is 1. The van der Waals surface area contributed by atoms with Crippen molar-refractivity contribution < 1.29 is 47.5 Å². The van der Waals surface area contributed by atoms with Gasteiger partial charge in [0.05, 0.1) is 13.2 Å². The van der Waals surface area contributed by atoms with Crippen LogP contribution in [0, 0.1) is 0 Å². The molecule has 60 heavy (non-hydrogen) atoms. The van der Waals surface area contributed by atoms with Crippen LogP contribution in [0.1, 0.15) is 155 Å². The third kappa shape index (κ3) is 41.1. The Bertz CT molecular complexity index is 1380. The fourth-order valence-corrected chi connectivity index (χ4v) is 6.20. The molecule has 0 heterocycles. The van der Waals surface area contributed by atoms with Crippen molar-refractivity contribution in [2.24, 2.45) is 5.73 Å². The normalized spacial score (nSPS) is 14.6. The van der Waals surface area contributed by atoms with Crippen molar-refractivity contribution in [1.29, 1.82) is 0 Å². The van der Waals surface area contributed by atoms with Crippen LogP contribution in [0.3, 0.4) is 0 Å². The lowest BCUT2D eigenvalue weighted by atomic mass is 10.1. The molecule has 3 atom stereocenters. The van der Waals surface area contributed by atoms with Crippen LogP contribution in [0.25, 0.3) is 0 Å². The highest BCUT2D eigenvalue weighted by Gasteiger charge is 2.28. The molecule has 11 nitrogen and oxygen atoms in total. The first-order valence-corrected chi connectivity index (χ1v) is 23.8. The summed E-state index contributed by atoms with van der Waals surface area (Å²) in [5, 5.41) is 8.89. The topological polar surface area (TPSA) is 172 Å². The van der Waals surface area contributed by atoms with Gasteiger partial charge < -0.3 is 25.2 Å². The maximum Gasteiger partial charge on any atom is 0.472 e. The zero-order valence-corrected chi connectivity index (χ0v) is 37.6. The molecule has 4 N–H and O–H groups in total. The minimum Gasteiger partial charge on any atom is -0.480 e. The molecule has 340 valence electrons. The molecule has 0 aliphatic heterocycles. The van der Waals surface area contributed by atoms with E-state index in [1.807, 2.05) is 48.6 Å². The Morgan fingerprint density at radius 2 is 1.02 bits per heavy atom. The van der Waals surface area contributed by atoms with Gasteiger partial charge in [-0.2, -0.15) is 0 Å². The summed E-state index contributed by atoms with van der Waals surface area (Å²) in [5.41, 5.74) is 5.33. The number of phosphoric ester groups is 1. The molecule has 12 heteroatoms. The Morgan fingerprint density at radius 1 is 0.550 bits per heavy atom. The van der Waals surface area contributed by atoms with Crippen molar-refractivity contribution in [3.63, 3.8) is 0 Å². The smallest absolute Gasteiger partial charge is 0.472 e. The van der Waals surface area contributed by atoms with Gasteiger partial charge in [0.2, 0.25) is 0 Å². The largest absolute Gasteiger partial charge is 0.480 e. The van der Waals surface area contributed by atoms with Crippen molar-refractivity contribution in [3.8, 4) is 0 Å². The van der Waals surface area contributed by atoms with Gasteiger partial charge in [-0.05, 0) is 70.6 Å². The third-order valence-electron chi connectivity index (χ3n) is 8.91. The van der Waals surface area contributed by atoms with Crippen LogP contribution in [0.5, 0.6) is 0 Å². The predicted molar refractivity (Wildman–Crippen MR) is 244 cm³/mol. The zero-order chi connectivity index (χ0) is 44.2. The van der Waals surface area contributed by atoms with Gasteiger partial charge in [0.15, 0.2) is 6.10 Å². The first-order valence-electron chi connectivity index (χ1n) is 22.3. The standard InChI is InChI=1S/C48H78NO10P/c1-3-5-7-9-11-13-15-17-19-20-21-22-23-24-26-27-29-31-33-35-37-39-46(50)56-41-44(42-57-60(54,55)58-43-45(49)48(52)53)59-47(51)40-38-36-34-32-30-28-25-18-16-14-12-10-8-6-4-2/h6,8,10,12,14,16,18-20,22-23,25-27,31,33,44-45H,3-5,7,9,11,13,15,17,21,24,28-30,32,34-43,49H2,1-2H3,(H,52,53)(H,54,55)/b8-6+,12-10+,16-14+,20-19+,23-22+,25-18+,27-26+,33-31+/t44-,45-/m0/s1. The van der Waals surface area contributed by atoms with E-state index in [0.717, 1.165) is 57.8 Å². The van der Waals surface area contributed by atoms with E-state index >= 15 is 0 Å². The van der Waals surface area contributed by atoms with Gasteiger partial charge in [-0.1, -0.05) is 169 Å². The lowest BCUT2D eigenvalue weighted by Crippen LogP contribution is -2.34. The average Bonchev–Trinajstić information content (AvgIpc) is 3.22. The summed E-state index contributed by atoms with van der Waals surface area (Å²) in [5.74, 6) is -2.49. The quantitative estimate of drug-likeness (QED) is 0.0176. The minimum atomic E-state index is -4.74. The third-order valence-corrected chi connectivity index (χ3v) is 9.86. The second kappa shape index (κ2) is 42.1. The number of aliphatic carboxylic acids is 1. The monoisotopic (exact) mass is 860 g/mol. The maximum atomic E-state index is 12.6. The number of phosphoric acid groups is 1. The van der Waals surface area contributed by atoms with Crippen LogP contribution in [-0.2, 0) is 37.5 Å². The molecule has 0 radical (unpaired) electrons. The fourth-order valence-electron chi connectivity index (χ4n) is 5.42. The van der Waals surface area contributed by atoms with Crippen LogP contribution < -0.4 is 5.73 Å². The second-order valence-electron chi connectivity index (χ2n) is 14.5. The van der Waals surface area contributed by atoms with Crippen molar-refractivity contribution in [2.75, 3.05) is 19.8 Å². The minimum absolute atomic E-state index is 0.117. The molecule has 0 aromatic carbocycles. The predicted octanol–water partition coefficient (Wildman–Crippen LogP) is 12.1. The molecule has 0 aromatic heterocycles. The molecule has 0 amide bonds. The summed E-state index contributed by atoms with van der Waals surface area (Å²) in [6, 6.07) is -1.54. The zero-order valence-electron chi connectivity index (χ0n) is 36.8. The number of nitrogens with two attached hydrogens (primary N) is 1. The molecular formula is C48H78NO10P. The van der Waals surface area contributed by atoms with E-state index in [4.69, 9.17) is 24.8 Å². The highest BCUT2D eigenvalue weighted by molar-refractivity contribution is 7.47. The van der Waals surface area contributed by atoms with Crippen LogP contribution in [-0.4, -0.2) is 59.9 Å². The van der Waals surface area contributed by atoms with E-state index in [0.29, 0.717) is 19.3 Å². The summed E-state index contributed by atoms with van der Waals surface area (Å²) in [6.07, 6.45) is 53.4. The van der Waals surface area contributed by atoms with Gasteiger partial charge in [0, 0.05) is 12.8 Å². The number of allylic oxidation sites excluding steroid dienone is 16. The Kier molecular flexibility index (Phi) is 39.6. The highest BCUT2D eigenvalue weighted by Crippen LogP contribution is 2.43. The van der Waals surface area contributed by atoms with Gasteiger partial charge in [-0.3, -0.25) is 23.4 Å². The van der Waals surface area contributed by atoms with Crippen molar-refractivity contribution in [2.45, 2.75) is 167 Å². The number of esters is 2. The van der Waals surface area contributed by atoms with Gasteiger partial charge in [-0.15, -0.1) is 0 Å². The Labute approximate surface area is 362 Å². The molecule has 0 aromatic rings. The number of hydrogen-bond acceptors (Lipinski definition) is 9. The number of carbonyl (C=O) groups is 3. The summed E-state index contributed by atoms with van der Waals surface area (Å²) >= 11 is 0. The van der Waals surface area contributed by atoms with Crippen molar-refractivity contribution in [1.82, 2.24) is 0 Å². The number of rotatable bonds is 40. The summed E-state index contributed by atoms with van der Waals surface area (Å²) < 4.78 is 32.6. The molecule has 0 bridgehead atoms. The summed E-state index contributed by atoms with van der Waals surface area (Å²) in [7, 11) is -4.74. The summed E-state index contributed by atoms with van der Waals surface area (Å²) in [4.78, 5) is 46.0. The van der Waals surface area contributed by atoms with Gasteiger partial charge >= 0.3 is 25.7 Å². The molecule has 0 spiro atoms. The molecule has 0 aliphatic carbocycles. The second-order valence-corrected chi connectivity index (χ2v) is 16.0. The molecule has 0 rings (SSSR count). The first-order chi connectivity index (χ1) is 29.1. The first kappa shape index (κ1) is 56.4. The van der Waals surface area contributed by atoms with Gasteiger partial charge in [0.25, 0.3) is 0 Å². The Balaban J connectivity index is 4.48. The lowest BCUT2D eigenvalue weighted by molar-refractivity contribution is -0.161. The number of hydrogen-bond donors (Lipinski definition) is 3. The molecular weight excluding hydrogens is 781 g/mol. The van der Waals surface area contributed by atoms with E-state index in [1.54, 1.807) is 0 Å². The molecule has 0 saturated carbocycles. The van der Waals surface area contributed by atoms with Gasteiger partial charge in [0.1, 0.15) is 12.6 Å². The van der Waals surface area contributed by atoms with Crippen LogP contribution in [0.4, 0.5) is 0 Å². The van der Waals surface area contributed by atoms with Crippen LogP contribution >= 0.6 is 7.82 Å². The molecule has 1 unspecified atom stereocenters. The highest BCUT2D eigenvalue weighted by atomic mass is 31.2. The number of carboxylic acid groups (broad SMARTS) is 1. The molecule has 0 saturated heterocycles. The van der Waals surface area contributed by atoms with Crippen molar-refractivity contribution in [3.05, 3.63) is 97.2 Å². The molecule has 0 fully saturated rings. The number of unbranched alkanes of at least 4 members (excludes halogenated alkanes) is 13. The van der Waals surface area contributed by atoms with Gasteiger partial charge in [-0.25, -0.2) is 4.57 Å². The summed E-state index contributed by atoms with van der Waals surface area (Å²) in [6.45, 7) is 2.56. The van der Waals surface area contributed by atoms with E-state index in [9.17, 15) is 23.8 Å². The van der Waals surface area contributed by atoms with E-state index in [2.05, 4.69) is 67.0 Å². The van der Waals surface area contributed by atoms with Crippen LogP contribution in [0.15, 0.2) is 97.2 Å². The number of carbonyl (C=O) groups excluding carboxylic acids is 2.